The average molecular weight is 182 g/mol. The summed E-state index contributed by atoms with van der Waals surface area (Å²) < 4.78 is 9.06. The highest BCUT2D eigenvalue weighted by Gasteiger charge is 2.35. The lowest BCUT2D eigenvalue weighted by atomic mass is 10.8. The third-order valence-corrected chi connectivity index (χ3v) is 1.98. The van der Waals surface area contributed by atoms with Crippen LogP contribution in [0.15, 0.2) is 0 Å². The summed E-state index contributed by atoms with van der Waals surface area (Å²) in [5.41, 5.74) is 10.1. The minimum Gasteiger partial charge on any atom is -0.367 e. The van der Waals surface area contributed by atoms with Crippen LogP contribution in [0.4, 0.5) is 0 Å². The minimum absolute atomic E-state index is 0.0732. The quantitative estimate of drug-likeness (QED) is 0.334. The minimum atomic E-state index is -3.91. The van der Waals surface area contributed by atoms with Gasteiger partial charge in [0.1, 0.15) is 0 Å². The maximum Gasteiger partial charge on any atom is 0.674 e. The van der Waals surface area contributed by atoms with Gasteiger partial charge in [-0.3, -0.25) is 0 Å². The Hall–Kier alpha value is -0.0231. The first-order valence-electron chi connectivity index (χ1n) is 3.25. The van der Waals surface area contributed by atoms with Gasteiger partial charge >= 0.3 is 9.05 Å². The van der Waals surface area contributed by atoms with E-state index in [1.807, 2.05) is 0 Å². The molecule has 0 aliphatic carbocycles. The molecule has 0 aromatic carbocycles. The molecule has 0 fully saturated rings. The third-order valence-electron chi connectivity index (χ3n) is 0.816. The van der Waals surface area contributed by atoms with Crippen LogP contribution < -0.4 is 11.5 Å². The molecule has 6 nitrogen and oxygen atoms in total. The van der Waals surface area contributed by atoms with Gasteiger partial charge in [0.15, 0.2) is 0 Å². The van der Waals surface area contributed by atoms with E-state index in [-0.39, 0.29) is 26.3 Å². The lowest BCUT2D eigenvalue weighted by molar-refractivity contribution is 0.0284. The van der Waals surface area contributed by atoms with Gasteiger partial charge in [0.25, 0.3) is 0 Å². The highest BCUT2D eigenvalue weighted by atomic mass is 28.4. The van der Waals surface area contributed by atoms with Crippen LogP contribution in [-0.2, 0) is 8.85 Å². The van der Waals surface area contributed by atoms with Crippen molar-refractivity contribution in [2.24, 2.45) is 11.5 Å². The Balaban J connectivity index is 3.43. The maximum atomic E-state index is 8.92. The standard InChI is InChI=1S/C4H14N2O4Si/c5-1-3-9-11(7,8)10-4-2-6/h7-8H,1-6H2. The van der Waals surface area contributed by atoms with Gasteiger partial charge < -0.3 is 29.9 Å². The van der Waals surface area contributed by atoms with Gasteiger partial charge in [0, 0.05) is 13.1 Å². The Bertz CT molecular complexity index is 92.1. The molecular formula is C4H14N2O4Si. The number of nitrogens with two attached hydrogens (primary N) is 2. The molecule has 0 aromatic rings. The van der Waals surface area contributed by atoms with Crippen LogP contribution in [-0.4, -0.2) is 44.9 Å². The van der Waals surface area contributed by atoms with Crippen molar-refractivity contribution in [3.05, 3.63) is 0 Å². The molecule has 0 aromatic heterocycles. The van der Waals surface area contributed by atoms with Crippen molar-refractivity contribution in [1.82, 2.24) is 0 Å². The Kier molecular flexibility index (Phi) is 5.59. The second-order valence-corrected chi connectivity index (χ2v) is 3.50. The van der Waals surface area contributed by atoms with Crippen molar-refractivity contribution in [3.63, 3.8) is 0 Å². The van der Waals surface area contributed by atoms with Gasteiger partial charge in [-0.1, -0.05) is 0 Å². The molecule has 0 amide bonds. The number of hydrogen-bond acceptors (Lipinski definition) is 6. The van der Waals surface area contributed by atoms with E-state index in [0.29, 0.717) is 0 Å². The SMILES string of the molecule is NCCO[Si](O)(O)OCCN. The molecule has 0 rings (SSSR count). The Morgan fingerprint density at radius 3 is 1.64 bits per heavy atom. The van der Waals surface area contributed by atoms with Gasteiger partial charge in [-0.2, -0.15) is 0 Å². The van der Waals surface area contributed by atoms with Crippen LogP contribution in [0.2, 0.25) is 0 Å². The number of rotatable bonds is 6. The maximum absolute atomic E-state index is 8.92. The predicted molar refractivity (Wildman–Crippen MR) is 40.2 cm³/mol. The van der Waals surface area contributed by atoms with Crippen LogP contribution >= 0.6 is 0 Å². The highest BCUT2D eigenvalue weighted by molar-refractivity contribution is 6.50. The summed E-state index contributed by atoms with van der Waals surface area (Å²) in [6.07, 6.45) is 0. The van der Waals surface area contributed by atoms with E-state index in [2.05, 4.69) is 8.85 Å². The summed E-state index contributed by atoms with van der Waals surface area (Å²) in [5.74, 6) is 0. The zero-order valence-corrected chi connectivity index (χ0v) is 7.19. The first-order valence-corrected chi connectivity index (χ1v) is 4.96. The van der Waals surface area contributed by atoms with E-state index in [1.165, 1.54) is 0 Å². The average Bonchev–Trinajstić information content (AvgIpc) is 1.97. The van der Waals surface area contributed by atoms with E-state index < -0.39 is 9.05 Å². The fraction of sp³-hybridized carbons (Fsp3) is 1.00. The number of hydrogen-bond donors (Lipinski definition) is 4. The second kappa shape index (κ2) is 5.60. The Labute approximate surface area is 66.2 Å². The summed E-state index contributed by atoms with van der Waals surface area (Å²) >= 11 is 0. The van der Waals surface area contributed by atoms with Gasteiger partial charge in [0.05, 0.1) is 13.2 Å². The first-order chi connectivity index (χ1) is 5.12. The Morgan fingerprint density at radius 1 is 1.00 bits per heavy atom. The van der Waals surface area contributed by atoms with Crippen LogP contribution in [0.1, 0.15) is 0 Å². The summed E-state index contributed by atoms with van der Waals surface area (Å²) in [7, 11) is -3.91. The molecule has 0 aliphatic rings. The van der Waals surface area contributed by atoms with Gasteiger partial charge in [-0.25, -0.2) is 0 Å². The highest BCUT2D eigenvalue weighted by Crippen LogP contribution is 1.95. The van der Waals surface area contributed by atoms with Gasteiger partial charge in [0.2, 0.25) is 0 Å². The smallest absolute Gasteiger partial charge is 0.367 e. The van der Waals surface area contributed by atoms with Crippen molar-refractivity contribution < 1.29 is 18.4 Å². The van der Waals surface area contributed by atoms with E-state index in [9.17, 15) is 0 Å². The molecule has 0 atom stereocenters. The molecule has 6 N–H and O–H groups in total. The normalized spacial score (nSPS) is 12.0. The summed E-state index contributed by atoms with van der Waals surface area (Å²) in [5, 5.41) is 0. The molecule has 0 unspecified atom stereocenters. The molecule has 68 valence electrons. The van der Waals surface area contributed by atoms with Gasteiger partial charge in [-0.15, -0.1) is 0 Å². The summed E-state index contributed by atoms with van der Waals surface area (Å²) in [6.45, 7) is 0.595. The van der Waals surface area contributed by atoms with Crippen molar-refractivity contribution in [2.45, 2.75) is 0 Å². The van der Waals surface area contributed by atoms with Crippen molar-refractivity contribution in [2.75, 3.05) is 26.3 Å². The molecule has 0 saturated carbocycles. The lowest BCUT2D eigenvalue weighted by Gasteiger charge is -2.15. The Morgan fingerprint density at radius 2 is 1.36 bits per heavy atom. The fourth-order valence-corrected chi connectivity index (χ4v) is 1.28. The molecule has 0 saturated heterocycles. The molecule has 11 heavy (non-hydrogen) atoms. The largest absolute Gasteiger partial charge is 0.674 e. The predicted octanol–water partition coefficient (Wildman–Crippen LogP) is -2.64. The molecule has 0 bridgehead atoms. The third kappa shape index (κ3) is 6.38. The van der Waals surface area contributed by atoms with Crippen molar-refractivity contribution in [1.29, 1.82) is 0 Å². The summed E-state index contributed by atoms with van der Waals surface area (Å²) in [6, 6.07) is 0. The van der Waals surface area contributed by atoms with E-state index in [4.69, 9.17) is 21.1 Å². The molecule has 0 spiro atoms. The van der Waals surface area contributed by atoms with Crippen molar-refractivity contribution >= 4 is 9.05 Å². The molecule has 0 radical (unpaired) electrons. The first kappa shape index (κ1) is 11.0. The van der Waals surface area contributed by atoms with Crippen molar-refractivity contribution in [3.8, 4) is 0 Å². The van der Waals surface area contributed by atoms with E-state index >= 15 is 0 Å². The zero-order valence-electron chi connectivity index (χ0n) is 6.19. The van der Waals surface area contributed by atoms with E-state index in [0.717, 1.165) is 0 Å². The topological polar surface area (TPSA) is 111 Å². The second-order valence-electron chi connectivity index (χ2n) is 1.82. The molecule has 0 aliphatic heterocycles. The van der Waals surface area contributed by atoms with Crippen LogP contribution in [0.25, 0.3) is 0 Å². The lowest BCUT2D eigenvalue weighted by Crippen LogP contribution is -2.45. The molecular weight excluding hydrogens is 168 g/mol. The fourth-order valence-electron chi connectivity index (χ4n) is 0.425. The van der Waals surface area contributed by atoms with Crippen LogP contribution in [0, 0.1) is 0 Å². The van der Waals surface area contributed by atoms with E-state index in [1.54, 1.807) is 0 Å². The monoisotopic (exact) mass is 182 g/mol. The zero-order chi connectivity index (χ0) is 8.74. The molecule has 7 heteroatoms. The molecule has 0 heterocycles. The van der Waals surface area contributed by atoms with Crippen LogP contribution in [0.5, 0.6) is 0 Å². The van der Waals surface area contributed by atoms with Crippen LogP contribution in [0.3, 0.4) is 0 Å². The summed E-state index contributed by atoms with van der Waals surface area (Å²) in [4.78, 5) is 17.8. The van der Waals surface area contributed by atoms with Gasteiger partial charge in [-0.05, 0) is 0 Å².